The molecule has 1 unspecified atom stereocenters. The van der Waals surface area contributed by atoms with Crippen LogP contribution in [-0.2, 0) is 98.0 Å². The first-order chi connectivity index (χ1) is 52.4. The van der Waals surface area contributed by atoms with Gasteiger partial charge in [0.05, 0.1) is 257 Å². The van der Waals surface area contributed by atoms with Crippen molar-refractivity contribution < 1.29 is 104 Å². The van der Waals surface area contributed by atoms with Gasteiger partial charge in [-0.3, -0.25) is 4.57 Å². The van der Waals surface area contributed by atoms with Gasteiger partial charge in [-0.15, -0.1) is 5.10 Å². The van der Waals surface area contributed by atoms with Gasteiger partial charge in [0.15, 0.2) is 11.5 Å². The molecule has 2 aromatic rings. The van der Waals surface area contributed by atoms with Gasteiger partial charge in [0, 0.05) is 0 Å². The minimum atomic E-state index is -3.55. The van der Waals surface area contributed by atoms with E-state index in [2.05, 4.69) is 43.2 Å². The normalized spacial score (nSPS) is 12.3. The molecule has 26 heteroatoms. The zero-order chi connectivity index (χ0) is 75.7. The summed E-state index contributed by atoms with van der Waals surface area (Å²) in [5.41, 5.74) is 1.78. The Balaban J connectivity index is 1.48. The molecule has 1 N–H and O–H groups in total. The van der Waals surface area contributed by atoms with Crippen molar-refractivity contribution in [1.82, 2.24) is 15.0 Å². The molecule has 2 rings (SSSR count). The molecule has 0 saturated carbocycles. The van der Waals surface area contributed by atoms with Gasteiger partial charge in [-0.05, 0) is 43.9 Å². The Morgan fingerprint density at radius 3 is 0.830 bits per heavy atom. The van der Waals surface area contributed by atoms with E-state index in [0.717, 1.165) is 47.8 Å². The number of unbranched alkanes of at least 4 members (excludes halogenated alkanes) is 27. The predicted molar refractivity (Wildman–Crippen MR) is 416 cm³/mol. The fourth-order valence-electron chi connectivity index (χ4n) is 11.0. The smallest absolute Gasteiger partial charge is 0.330 e. The maximum absolute atomic E-state index is 11.6. The quantitative estimate of drug-likeness (QED) is 0.0477. The zero-order valence-electron chi connectivity index (χ0n) is 67.1. The molecule has 1 aromatic heterocycles. The molecule has 0 aliphatic heterocycles. The minimum Gasteiger partial charge on any atom is -0.490 e. The molecule has 0 aliphatic carbocycles. The number of hydrogen-bond acceptors (Lipinski definition) is 23. The second-order valence-corrected chi connectivity index (χ2v) is 28.4. The summed E-state index contributed by atoms with van der Waals surface area (Å²) in [5.74, 6) is 2.26. The third-order valence-electron chi connectivity index (χ3n) is 16.9. The van der Waals surface area contributed by atoms with Gasteiger partial charge >= 0.3 is 7.60 Å². The molecule has 106 heavy (non-hydrogen) atoms. The van der Waals surface area contributed by atoms with Crippen molar-refractivity contribution in [3.05, 3.63) is 29.6 Å². The summed E-state index contributed by atoms with van der Waals surface area (Å²) in [6, 6.07) is 4.25. The minimum absolute atomic E-state index is 0.0361. The van der Waals surface area contributed by atoms with Crippen molar-refractivity contribution in [3.63, 3.8) is 0 Å². The lowest BCUT2D eigenvalue weighted by atomic mass is 10.1. The first-order valence-electron chi connectivity index (χ1n) is 41.6. The third kappa shape index (κ3) is 68.1. The summed E-state index contributed by atoms with van der Waals surface area (Å²) in [7, 11) is -3.55. The predicted octanol–water partition coefficient (Wildman–Crippen LogP) is 15.2. The zero-order valence-corrected chi connectivity index (χ0v) is 68.0. The van der Waals surface area contributed by atoms with Crippen molar-refractivity contribution in [3.8, 4) is 17.2 Å². The fraction of sp³-hybridized carbons (Fsp3) is 0.900. The molecule has 1 heterocycles. The van der Waals surface area contributed by atoms with Gasteiger partial charge in [0.25, 0.3) is 0 Å². The Bertz CT molecular complexity index is 2100. The molecule has 0 spiro atoms. The average molecular weight is 1540 g/mol. The van der Waals surface area contributed by atoms with Crippen molar-refractivity contribution in [2.24, 2.45) is 0 Å². The fourth-order valence-corrected chi connectivity index (χ4v) is 11.9. The SMILES string of the molecule is CCCCCCCCCCCCOc1cc(Cn2cc(COCCOCCOCCOCCOCCOCCOCCOCCOCCOCCOCCOCCOCCOCCOCCOCCP(=O)(O)OCC)nn2)cc(OCCCCCCCCCCCC)c1OCCCCCCCCCCCC. The Morgan fingerprint density at radius 2 is 0.557 bits per heavy atom. The lowest BCUT2D eigenvalue weighted by molar-refractivity contribution is -0.0304. The van der Waals surface area contributed by atoms with Crippen LogP contribution in [0.2, 0.25) is 0 Å². The molecule has 0 radical (unpaired) electrons. The van der Waals surface area contributed by atoms with Gasteiger partial charge in [0.2, 0.25) is 5.75 Å². The van der Waals surface area contributed by atoms with E-state index >= 15 is 0 Å². The summed E-state index contributed by atoms with van der Waals surface area (Å²) >= 11 is 0. The highest BCUT2D eigenvalue weighted by molar-refractivity contribution is 7.52. The van der Waals surface area contributed by atoms with E-state index in [0.29, 0.717) is 231 Å². The molecule has 0 aliphatic rings. The van der Waals surface area contributed by atoms with E-state index in [9.17, 15) is 9.46 Å². The van der Waals surface area contributed by atoms with Crippen molar-refractivity contribution in [1.29, 1.82) is 0 Å². The van der Waals surface area contributed by atoms with Crippen LogP contribution >= 0.6 is 7.60 Å². The van der Waals surface area contributed by atoms with Crippen molar-refractivity contribution in [2.45, 2.75) is 233 Å². The van der Waals surface area contributed by atoms with Crippen LogP contribution in [-0.4, -0.2) is 257 Å². The molecule has 0 amide bonds. The van der Waals surface area contributed by atoms with Gasteiger partial charge < -0.3 is 99.4 Å². The lowest BCUT2D eigenvalue weighted by Crippen LogP contribution is -2.16. The summed E-state index contributed by atoms with van der Waals surface area (Å²) in [4.78, 5) is 9.48. The van der Waals surface area contributed by atoms with Crippen LogP contribution < -0.4 is 14.2 Å². The van der Waals surface area contributed by atoms with Gasteiger partial charge in [-0.2, -0.15) is 0 Å². The molecule has 25 nitrogen and oxygen atoms in total. The molecule has 0 saturated heterocycles. The molecule has 1 atom stereocenters. The number of hydrogen-bond donors (Lipinski definition) is 1. The summed E-state index contributed by atoms with van der Waals surface area (Å²) in [5, 5.41) is 8.92. The third-order valence-corrected chi connectivity index (χ3v) is 18.4. The monoisotopic (exact) mass is 1540 g/mol. The maximum atomic E-state index is 11.6. The topological polar surface area (TPSA) is 253 Å². The van der Waals surface area contributed by atoms with Gasteiger partial charge in [-0.1, -0.05) is 199 Å². The first-order valence-corrected chi connectivity index (χ1v) is 43.3. The van der Waals surface area contributed by atoms with Gasteiger partial charge in [0.1, 0.15) is 5.69 Å². The average Bonchev–Trinajstić information content (AvgIpc) is 1.13. The van der Waals surface area contributed by atoms with Crippen LogP contribution in [0.4, 0.5) is 0 Å². The van der Waals surface area contributed by atoms with Crippen LogP contribution in [0, 0.1) is 0 Å². The van der Waals surface area contributed by atoms with Crippen LogP contribution in [0.3, 0.4) is 0 Å². The van der Waals surface area contributed by atoms with E-state index in [1.165, 1.54) is 173 Å². The summed E-state index contributed by atoms with van der Waals surface area (Å²) in [6.45, 7) is 25.4. The van der Waals surface area contributed by atoms with Crippen molar-refractivity contribution in [2.75, 3.05) is 237 Å². The Hall–Kier alpha value is -2.73. The summed E-state index contributed by atoms with van der Waals surface area (Å²) < 4.78 is 127. The van der Waals surface area contributed by atoms with Crippen LogP contribution in [0.15, 0.2) is 18.3 Å². The number of nitrogens with zero attached hydrogens (tertiary/aromatic N) is 3. The molecule has 0 bridgehead atoms. The van der Waals surface area contributed by atoms with Crippen LogP contribution in [0.1, 0.15) is 232 Å². The second kappa shape index (κ2) is 80.3. The van der Waals surface area contributed by atoms with E-state index in [1.807, 2.05) is 10.9 Å². The van der Waals surface area contributed by atoms with Crippen molar-refractivity contribution >= 4 is 7.60 Å². The highest BCUT2D eigenvalue weighted by Gasteiger charge is 2.19. The highest BCUT2D eigenvalue weighted by Crippen LogP contribution is 2.41. The summed E-state index contributed by atoms with van der Waals surface area (Å²) in [6.07, 6.45) is 40.3. The Morgan fingerprint density at radius 1 is 0.311 bits per heavy atom. The second-order valence-electron chi connectivity index (χ2n) is 26.4. The van der Waals surface area contributed by atoms with E-state index in [1.54, 1.807) is 6.92 Å². The molecule has 1 aromatic carbocycles. The standard InChI is InChI=1S/C80H152N3O22P/c1-5-9-12-15-18-21-24-27-30-33-36-102-78-71-76(72-79(103-37-34-31-28-25-22-19-16-13-10-6-2)80(78)104-38-35-32-29-26-23-20-17-14-11-7-3)73-83-74-77(81-82-83)75-101-68-67-99-64-63-97-60-59-95-56-55-93-52-51-91-48-47-89-44-43-87-40-39-86-41-42-88-45-46-90-49-50-92-53-54-94-57-58-96-61-62-98-65-66-100-69-70-106(84,85)105-8-4/h71-72,74H,5-70,73,75H2,1-4H3,(H,84,85). The number of aromatic nitrogens is 3. The van der Waals surface area contributed by atoms with Crippen LogP contribution in [0.5, 0.6) is 17.2 Å². The van der Waals surface area contributed by atoms with Crippen LogP contribution in [0.25, 0.3) is 0 Å². The molecular weight excluding hydrogens is 1390 g/mol. The number of ether oxygens (including phenoxy) is 19. The Labute approximate surface area is 641 Å². The molecule has 0 fully saturated rings. The highest BCUT2D eigenvalue weighted by atomic mass is 31.2. The van der Waals surface area contributed by atoms with E-state index in [-0.39, 0.29) is 19.4 Å². The maximum Gasteiger partial charge on any atom is 0.330 e. The van der Waals surface area contributed by atoms with E-state index in [4.69, 9.17) is 94.5 Å². The Kier molecular flexibility index (Phi) is 75.3. The largest absolute Gasteiger partial charge is 0.490 e. The number of benzene rings is 1. The van der Waals surface area contributed by atoms with E-state index < -0.39 is 7.60 Å². The lowest BCUT2D eigenvalue weighted by Gasteiger charge is -2.19. The number of rotatable bonds is 90. The molecular formula is C80H152N3O22P. The first kappa shape index (κ1) is 99.3. The van der Waals surface area contributed by atoms with Gasteiger partial charge in [-0.25, -0.2) is 4.68 Å². The molecule has 624 valence electrons.